The Morgan fingerprint density at radius 2 is 1.57 bits per heavy atom. The van der Waals surface area contributed by atoms with E-state index in [2.05, 4.69) is 0 Å². The lowest BCUT2D eigenvalue weighted by molar-refractivity contribution is -0.311. The Kier molecular flexibility index (Phi) is 7.86. The van der Waals surface area contributed by atoms with Gasteiger partial charge < -0.3 is 33.5 Å². The Hall–Kier alpha value is -1.26. The average Bonchev–Trinajstić information content (AvgIpc) is 2.49. The van der Waals surface area contributed by atoms with E-state index in [1.165, 1.54) is 35.2 Å². The van der Waals surface area contributed by atoms with E-state index in [1.807, 2.05) is 0 Å². The smallest absolute Gasteiger partial charge is 0.303 e. The molecule has 6 unspecified atom stereocenters. The quantitative estimate of drug-likeness (QED) is 0.600. The number of ether oxygens (including phenoxy) is 6. The molecule has 1 fully saturated rings. The Labute approximate surface area is 134 Å². The van der Waals surface area contributed by atoms with Gasteiger partial charge in [-0.3, -0.25) is 9.59 Å². The minimum atomic E-state index is -1.32. The van der Waals surface area contributed by atoms with Crippen molar-refractivity contribution in [3.63, 3.8) is 0 Å². The van der Waals surface area contributed by atoms with Crippen LogP contribution in [0.3, 0.4) is 0 Å². The summed E-state index contributed by atoms with van der Waals surface area (Å²) < 4.78 is 31.4. The van der Waals surface area contributed by atoms with Crippen LogP contribution in [0.5, 0.6) is 0 Å². The van der Waals surface area contributed by atoms with Crippen LogP contribution < -0.4 is 0 Å². The maximum Gasteiger partial charge on any atom is 0.303 e. The minimum Gasteiger partial charge on any atom is -0.462 e. The van der Waals surface area contributed by atoms with Crippen LogP contribution in [0.15, 0.2) is 0 Å². The van der Waals surface area contributed by atoms with Crippen molar-refractivity contribution in [2.75, 3.05) is 27.9 Å². The summed E-state index contributed by atoms with van der Waals surface area (Å²) in [6.07, 6.45) is -5.37. The van der Waals surface area contributed by atoms with Crippen molar-refractivity contribution in [2.24, 2.45) is 0 Å². The molecule has 1 N–H and O–H groups in total. The summed E-state index contributed by atoms with van der Waals surface area (Å²) in [4.78, 5) is 22.3. The molecule has 9 nitrogen and oxygen atoms in total. The van der Waals surface area contributed by atoms with E-state index in [0.717, 1.165) is 0 Å². The molecule has 1 aliphatic rings. The number of carbonyl (C=O) groups excluding carboxylic acids is 2. The van der Waals surface area contributed by atoms with Gasteiger partial charge in [-0.1, -0.05) is 0 Å². The van der Waals surface area contributed by atoms with E-state index in [1.54, 1.807) is 0 Å². The fraction of sp³-hybridized carbons (Fsp3) is 0.857. The molecule has 134 valence electrons. The molecule has 1 aliphatic heterocycles. The zero-order valence-electron chi connectivity index (χ0n) is 13.9. The molecule has 1 heterocycles. The molecule has 1 saturated heterocycles. The maximum absolute atomic E-state index is 11.3. The predicted molar refractivity (Wildman–Crippen MR) is 75.5 cm³/mol. The molecule has 1 rings (SSSR count). The fourth-order valence-corrected chi connectivity index (χ4v) is 2.55. The standard InChI is InChI=1S/C14H24O9/c1-7(15)21-6-9(22-8(2)16)10-11(18-3)12(19-4)13(20-5)14(17)23-10/h9-14,17H,6H2,1-5H3. The molecule has 0 aromatic carbocycles. The third-order valence-electron chi connectivity index (χ3n) is 3.50. The SMILES string of the molecule is COC1C(O)OC(C(COC(C)=O)OC(C)=O)C(OC)C1OC. The van der Waals surface area contributed by atoms with Crippen LogP contribution in [0.4, 0.5) is 0 Å². The van der Waals surface area contributed by atoms with Crippen LogP contribution in [-0.2, 0) is 38.0 Å². The summed E-state index contributed by atoms with van der Waals surface area (Å²) in [5, 5.41) is 10.1. The normalized spacial score (nSPS) is 32.2. The highest BCUT2D eigenvalue weighted by Crippen LogP contribution is 2.29. The first kappa shape index (κ1) is 19.8. The van der Waals surface area contributed by atoms with Crippen molar-refractivity contribution in [3.05, 3.63) is 0 Å². The van der Waals surface area contributed by atoms with E-state index in [0.29, 0.717) is 0 Å². The Bertz CT molecular complexity index is 400. The summed E-state index contributed by atoms with van der Waals surface area (Å²) in [5.41, 5.74) is 0. The molecule has 0 saturated carbocycles. The summed E-state index contributed by atoms with van der Waals surface area (Å²) >= 11 is 0. The number of hydrogen-bond donors (Lipinski definition) is 1. The van der Waals surface area contributed by atoms with Crippen LogP contribution in [0.25, 0.3) is 0 Å². The van der Waals surface area contributed by atoms with E-state index in [-0.39, 0.29) is 6.61 Å². The van der Waals surface area contributed by atoms with Gasteiger partial charge in [0.2, 0.25) is 0 Å². The average molecular weight is 336 g/mol. The maximum atomic E-state index is 11.3. The van der Waals surface area contributed by atoms with E-state index >= 15 is 0 Å². The summed E-state index contributed by atoms with van der Waals surface area (Å²) in [5.74, 6) is -1.12. The first-order valence-electron chi connectivity index (χ1n) is 7.08. The van der Waals surface area contributed by atoms with Gasteiger partial charge in [-0.15, -0.1) is 0 Å². The molecule has 9 heteroatoms. The molecular weight excluding hydrogens is 312 g/mol. The van der Waals surface area contributed by atoms with Gasteiger partial charge in [-0.2, -0.15) is 0 Å². The van der Waals surface area contributed by atoms with Gasteiger partial charge in [0.15, 0.2) is 12.4 Å². The number of methoxy groups -OCH3 is 3. The van der Waals surface area contributed by atoms with E-state index < -0.39 is 48.7 Å². The van der Waals surface area contributed by atoms with Crippen molar-refractivity contribution >= 4 is 11.9 Å². The summed E-state index contributed by atoms with van der Waals surface area (Å²) in [7, 11) is 4.26. The Balaban J connectivity index is 3.01. The van der Waals surface area contributed by atoms with Crippen LogP contribution in [-0.4, -0.2) is 81.8 Å². The highest BCUT2D eigenvalue weighted by molar-refractivity contribution is 5.67. The molecule has 0 aliphatic carbocycles. The highest BCUT2D eigenvalue weighted by Gasteiger charge is 2.50. The van der Waals surface area contributed by atoms with Crippen molar-refractivity contribution < 1.29 is 43.1 Å². The van der Waals surface area contributed by atoms with Crippen molar-refractivity contribution in [3.8, 4) is 0 Å². The molecule has 0 spiro atoms. The van der Waals surface area contributed by atoms with Gasteiger partial charge in [0.1, 0.15) is 31.0 Å². The van der Waals surface area contributed by atoms with Crippen LogP contribution in [0.1, 0.15) is 13.8 Å². The first-order chi connectivity index (χ1) is 10.8. The molecule has 23 heavy (non-hydrogen) atoms. The van der Waals surface area contributed by atoms with Crippen molar-refractivity contribution in [1.29, 1.82) is 0 Å². The number of hydrogen-bond acceptors (Lipinski definition) is 9. The number of rotatable bonds is 7. The molecule has 6 atom stereocenters. The third-order valence-corrected chi connectivity index (χ3v) is 3.50. The van der Waals surface area contributed by atoms with Gasteiger partial charge in [0, 0.05) is 35.2 Å². The lowest BCUT2D eigenvalue weighted by Crippen LogP contribution is -2.63. The lowest BCUT2D eigenvalue weighted by Gasteiger charge is -2.44. The van der Waals surface area contributed by atoms with Crippen LogP contribution in [0, 0.1) is 0 Å². The molecule has 0 aromatic rings. The zero-order valence-corrected chi connectivity index (χ0v) is 13.9. The molecule has 0 radical (unpaired) electrons. The largest absolute Gasteiger partial charge is 0.462 e. The van der Waals surface area contributed by atoms with Crippen LogP contribution in [0.2, 0.25) is 0 Å². The summed E-state index contributed by atoms with van der Waals surface area (Å²) in [6, 6.07) is 0. The second-order valence-electron chi connectivity index (χ2n) is 5.04. The third kappa shape index (κ3) is 5.11. The number of carbonyl (C=O) groups is 2. The lowest BCUT2D eigenvalue weighted by atomic mass is 9.95. The molecule has 0 amide bonds. The molecule has 0 aromatic heterocycles. The van der Waals surface area contributed by atoms with Gasteiger partial charge in [0.05, 0.1) is 0 Å². The fourth-order valence-electron chi connectivity index (χ4n) is 2.55. The second kappa shape index (κ2) is 9.14. The first-order valence-corrected chi connectivity index (χ1v) is 7.08. The van der Waals surface area contributed by atoms with Gasteiger partial charge in [0.25, 0.3) is 0 Å². The molecular formula is C14H24O9. The number of esters is 2. The van der Waals surface area contributed by atoms with Crippen molar-refractivity contribution in [2.45, 2.75) is 50.7 Å². The predicted octanol–water partition coefficient (Wildman–Crippen LogP) is -0.757. The summed E-state index contributed by atoms with van der Waals surface area (Å²) in [6.45, 7) is 2.21. The van der Waals surface area contributed by atoms with Gasteiger partial charge in [-0.05, 0) is 0 Å². The monoisotopic (exact) mass is 336 g/mol. The topological polar surface area (TPSA) is 110 Å². The van der Waals surface area contributed by atoms with Crippen molar-refractivity contribution in [1.82, 2.24) is 0 Å². The van der Waals surface area contributed by atoms with E-state index in [4.69, 9.17) is 28.4 Å². The Morgan fingerprint density at radius 3 is 2.00 bits per heavy atom. The van der Waals surface area contributed by atoms with Gasteiger partial charge >= 0.3 is 11.9 Å². The minimum absolute atomic E-state index is 0.236. The Morgan fingerprint density at radius 1 is 1.00 bits per heavy atom. The highest BCUT2D eigenvalue weighted by atomic mass is 16.7. The van der Waals surface area contributed by atoms with Crippen LogP contribution >= 0.6 is 0 Å². The van der Waals surface area contributed by atoms with Gasteiger partial charge in [-0.25, -0.2) is 0 Å². The number of aliphatic hydroxyl groups is 1. The zero-order chi connectivity index (χ0) is 17.6. The molecule has 0 bridgehead atoms. The number of aliphatic hydroxyl groups excluding tert-OH is 1. The second-order valence-corrected chi connectivity index (χ2v) is 5.04. The van der Waals surface area contributed by atoms with E-state index in [9.17, 15) is 14.7 Å².